The van der Waals surface area contributed by atoms with Crippen LogP contribution in [0.3, 0.4) is 0 Å². The third kappa shape index (κ3) is 6.11. The molecule has 0 bridgehead atoms. The number of aryl methyl sites for hydroxylation is 1. The van der Waals surface area contributed by atoms with Crippen molar-refractivity contribution in [3.05, 3.63) is 28.6 Å². The van der Waals surface area contributed by atoms with Crippen LogP contribution in [0.5, 0.6) is 0 Å². The number of hydrogen-bond donors (Lipinski definition) is 1. The van der Waals surface area contributed by atoms with Gasteiger partial charge in [0.25, 0.3) is 5.91 Å². The number of esters is 1. The van der Waals surface area contributed by atoms with Gasteiger partial charge >= 0.3 is 5.97 Å². The Morgan fingerprint density at radius 3 is 2.64 bits per heavy atom. The van der Waals surface area contributed by atoms with Crippen LogP contribution in [0.2, 0.25) is 0 Å². The van der Waals surface area contributed by atoms with Gasteiger partial charge in [0, 0.05) is 24.5 Å². The zero-order valence-corrected chi connectivity index (χ0v) is 15.7. The molecule has 6 nitrogen and oxygen atoms in total. The molecule has 25 heavy (non-hydrogen) atoms. The highest BCUT2D eigenvalue weighted by molar-refractivity contribution is 6.01. The van der Waals surface area contributed by atoms with Gasteiger partial charge < -0.3 is 14.6 Å². The molecule has 0 aromatic carbocycles. The summed E-state index contributed by atoms with van der Waals surface area (Å²) in [6.07, 6.45) is 2.74. The van der Waals surface area contributed by atoms with E-state index < -0.39 is 11.9 Å². The summed E-state index contributed by atoms with van der Waals surface area (Å²) < 4.78 is 6.72. The summed E-state index contributed by atoms with van der Waals surface area (Å²) in [5, 5.41) is 11.8. The highest BCUT2D eigenvalue weighted by atomic mass is 16.5. The van der Waals surface area contributed by atoms with E-state index in [-0.39, 0.29) is 18.5 Å². The van der Waals surface area contributed by atoms with Gasteiger partial charge in [-0.3, -0.25) is 9.59 Å². The van der Waals surface area contributed by atoms with Crippen molar-refractivity contribution in [2.75, 3.05) is 13.7 Å². The Labute approximate surface area is 149 Å². The quantitative estimate of drug-likeness (QED) is 0.446. The molecule has 0 atom stereocenters. The van der Waals surface area contributed by atoms with E-state index >= 15 is 0 Å². The maximum atomic E-state index is 12.1. The molecule has 0 saturated carbocycles. The van der Waals surface area contributed by atoms with Crippen molar-refractivity contribution < 1.29 is 14.3 Å². The normalized spacial score (nSPS) is 11.3. The van der Waals surface area contributed by atoms with E-state index in [2.05, 4.69) is 28.5 Å². The summed E-state index contributed by atoms with van der Waals surface area (Å²) in [6.45, 7) is 9.42. The third-order valence-electron chi connectivity index (χ3n) is 4.05. The number of amides is 1. The van der Waals surface area contributed by atoms with Gasteiger partial charge in [-0.25, -0.2) is 0 Å². The molecule has 6 heteroatoms. The van der Waals surface area contributed by atoms with Gasteiger partial charge in [-0.15, -0.1) is 0 Å². The minimum Gasteiger partial charge on any atom is -0.469 e. The van der Waals surface area contributed by atoms with E-state index in [0.29, 0.717) is 5.92 Å². The molecule has 1 rings (SSSR count). The van der Waals surface area contributed by atoms with E-state index in [9.17, 15) is 14.9 Å². The van der Waals surface area contributed by atoms with Crippen molar-refractivity contribution in [1.82, 2.24) is 9.88 Å². The van der Waals surface area contributed by atoms with Gasteiger partial charge in [-0.2, -0.15) is 5.26 Å². The number of carbonyl (C=O) groups excluding carboxylic acids is 2. The first-order valence-corrected chi connectivity index (χ1v) is 8.43. The van der Waals surface area contributed by atoms with Crippen LogP contribution in [-0.2, 0) is 20.9 Å². The van der Waals surface area contributed by atoms with Crippen molar-refractivity contribution in [3.8, 4) is 6.07 Å². The lowest BCUT2D eigenvalue weighted by Gasteiger charge is -2.11. The Hall–Kier alpha value is -2.55. The van der Waals surface area contributed by atoms with Gasteiger partial charge in [-0.1, -0.05) is 13.8 Å². The molecule has 0 radical (unpaired) electrons. The lowest BCUT2D eigenvalue weighted by Crippen LogP contribution is -2.27. The fourth-order valence-electron chi connectivity index (χ4n) is 2.48. The van der Waals surface area contributed by atoms with E-state index in [1.807, 2.05) is 26.0 Å². The topological polar surface area (TPSA) is 84.1 Å². The molecular formula is C19H27N3O3. The molecule has 1 heterocycles. The number of nitriles is 1. The highest BCUT2D eigenvalue weighted by Crippen LogP contribution is 2.19. The van der Waals surface area contributed by atoms with Crippen LogP contribution >= 0.6 is 0 Å². The molecule has 1 amide bonds. The largest absolute Gasteiger partial charge is 0.469 e. The van der Waals surface area contributed by atoms with E-state index in [4.69, 9.17) is 0 Å². The smallest absolute Gasteiger partial charge is 0.307 e. The summed E-state index contributed by atoms with van der Waals surface area (Å²) in [6, 6.07) is 3.91. The molecule has 1 N–H and O–H groups in total. The van der Waals surface area contributed by atoms with Crippen molar-refractivity contribution >= 4 is 18.0 Å². The number of rotatable bonds is 8. The highest BCUT2D eigenvalue weighted by Gasteiger charge is 2.13. The first-order chi connectivity index (χ1) is 11.8. The summed E-state index contributed by atoms with van der Waals surface area (Å²) in [5.41, 5.74) is 3.02. The zero-order chi connectivity index (χ0) is 19.0. The van der Waals surface area contributed by atoms with Gasteiger partial charge in [0.05, 0.1) is 13.5 Å². The van der Waals surface area contributed by atoms with E-state index in [1.54, 1.807) is 6.08 Å². The second-order valence-corrected chi connectivity index (χ2v) is 6.41. The minimum atomic E-state index is -0.488. The molecule has 136 valence electrons. The van der Waals surface area contributed by atoms with Crippen LogP contribution in [0.1, 0.15) is 43.6 Å². The number of aromatic nitrogens is 1. The maximum Gasteiger partial charge on any atom is 0.307 e. The van der Waals surface area contributed by atoms with Crippen LogP contribution < -0.4 is 5.32 Å². The predicted octanol–water partition coefficient (Wildman–Crippen LogP) is 2.74. The fourth-order valence-corrected chi connectivity index (χ4v) is 2.48. The molecule has 1 aromatic heterocycles. The molecular weight excluding hydrogens is 318 g/mol. The number of methoxy groups -OCH3 is 1. The van der Waals surface area contributed by atoms with Gasteiger partial charge in [0.15, 0.2) is 0 Å². The summed E-state index contributed by atoms with van der Waals surface area (Å²) >= 11 is 0. The average Bonchev–Trinajstić information content (AvgIpc) is 2.83. The molecule has 0 spiro atoms. The van der Waals surface area contributed by atoms with Crippen LogP contribution in [0.4, 0.5) is 0 Å². The number of nitrogens with one attached hydrogen (secondary N) is 1. The van der Waals surface area contributed by atoms with E-state index in [0.717, 1.165) is 29.9 Å². The van der Waals surface area contributed by atoms with Gasteiger partial charge in [0.1, 0.15) is 11.6 Å². The molecule has 0 unspecified atom stereocenters. The first-order valence-electron chi connectivity index (χ1n) is 8.43. The monoisotopic (exact) mass is 345 g/mol. The molecule has 0 aliphatic rings. The van der Waals surface area contributed by atoms with Gasteiger partial charge in [0.2, 0.25) is 0 Å². The number of hydrogen-bond acceptors (Lipinski definition) is 4. The Kier molecular flexibility index (Phi) is 7.93. The second-order valence-electron chi connectivity index (χ2n) is 6.41. The van der Waals surface area contributed by atoms with Gasteiger partial charge in [-0.05, 0) is 43.9 Å². The molecule has 0 fully saturated rings. The summed E-state index contributed by atoms with van der Waals surface area (Å²) in [7, 11) is 1.29. The fraction of sp³-hybridized carbons (Fsp3) is 0.526. The number of ether oxygens (including phenoxy) is 1. The predicted molar refractivity (Wildman–Crippen MR) is 96.6 cm³/mol. The lowest BCUT2D eigenvalue weighted by molar-refractivity contribution is -0.140. The second kappa shape index (κ2) is 9.67. The van der Waals surface area contributed by atoms with E-state index in [1.165, 1.54) is 7.11 Å². The zero-order valence-electron chi connectivity index (χ0n) is 15.7. The molecule has 0 aliphatic carbocycles. The number of nitrogens with zero attached hydrogens (tertiary/aromatic N) is 2. The Morgan fingerprint density at radius 1 is 1.40 bits per heavy atom. The Bertz CT molecular complexity index is 694. The van der Waals surface area contributed by atoms with Crippen molar-refractivity contribution in [2.45, 2.75) is 47.1 Å². The van der Waals surface area contributed by atoms with Crippen molar-refractivity contribution in [1.29, 1.82) is 5.26 Å². The minimum absolute atomic E-state index is 0.0222. The standard InChI is InChI=1S/C19H27N3O3/c1-13(2)7-9-22-14(3)10-16(15(22)4)11-17(12-20)19(24)21-8-6-18(23)25-5/h10-11,13H,6-9H2,1-5H3,(H,21,24). The van der Waals surface area contributed by atoms with Crippen LogP contribution in [-0.4, -0.2) is 30.1 Å². The summed E-state index contributed by atoms with van der Waals surface area (Å²) in [5.74, 6) is -0.287. The molecule has 1 aromatic rings. The first kappa shape index (κ1) is 20.5. The number of carbonyl (C=O) groups is 2. The maximum absolute atomic E-state index is 12.1. The molecule has 0 saturated heterocycles. The average molecular weight is 345 g/mol. The van der Waals surface area contributed by atoms with Crippen LogP contribution in [0.25, 0.3) is 6.08 Å². The van der Waals surface area contributed by atoms with Crippen molar-refractivity contribution in [2.24, 2.45) is 5.92 Å². The summed E-state index contributed by atoms with van der Waals surface area (Å²) in [4.78, 5) is 23.2. The lowest BCUT2D eigenvalue weighted by atomic mass is 10.1. The SMILES string of the molecule is COC(=O)CCNC(=O)C(C#N)=Cc1cc(C)n(CCC(C)C)c1C. The Morgan fingerprint density at radius 2 is 2.08 bits per heavy atom. The third-order valence-corrected chi connectivity index (χ3v) is 4.05. The Balaban J connectivity index is 2.88. The van der Waals surface area contributed by atoms with Crippen LogP contribution in [0, 0.1) is 31.1 Å². The van der Waals surface area contributed by atoms with Crippen molar-refractivity contribution in [3.63, 3.8) is 0 Å². The van der Waals surface area contributed by atoms with Crippen LogP contribution in [0.15, 0.2) is 11.6 Å². The molecule has 0 aliphatic heterocycles.